The number of nitrogens with one attached hydrogen (secondary N) is 1. The molecule has 0 heterocycles. The van der Waals surface area contributed by atoms with Crippen LogP contribution >= 0.6 is 7.82 Å². The number of ether oxygens (including phenoxy) is 1. The van der Waals surface area contributed by atoms with Crippen LogP contribution in [0.1, 0.15) is 258 Å². The minimum Gasteiger partial charge on any atom is -0.756 e. The number of hydrogen-bond acceptors (Lipinski definition) is 7. The van der Waals surface area contributed by atoms with E-state index in [4.69, 9.17) is 13.8 Å². The molecule has 0 aromatic carbocycles. The number of rotatable bonds is 54. The fourth-order valence-corrected chi connectivity index (χ4v) is 9.08. The van der Waals surface area contributed by atoms with Gasteiger partial charge in [0.05, 0.1) is 33.8 Å². The normalized spacial score (nSPS) is 14.3. The number of amides is 1. The maximum absolute atomic E-state index is 13.5. The molecular formula is C64H115N2O7P. The third-order valence-corrected chi connectivity index (χ3v) is 14.0. The first kappa shape index (κ1) is 71.2. The van der Waals surface area contributed by atoms with Gasteiger partial charge in [0.25, 0.3) is 7.82 Å². The Bertz CT molecular complexity index is 1540. The van der Waals surface area contributed by atoms with Crippen LogP contribution < -0.4 is 10.2 Å². The summed E-state index contributed by atoms with van der Waals surface area (Å²) in [5.74, 6) is -0.561. The summed E-state index contributed by atoms with van der Waals surface area (Å²) in [6, 6.07) is -0.897. The number of esters is 1. The predicted molar refractivity (Wildman–Crippen MR) is 316 cm³/mol. The molecule has 0 spiro atoms. The molecule has 0 bridgehead atoms. The first-order valence-electron chi connectivity index (χ1n) is 30.4. The lowest BCUT2D eigenvalue weighted by Crippen LogP contribution is -2.47. The molecule has 0 rings (SSSR count). The fourth-order valence-electron chi connectivity index (χ4n) is 8.35. The number of allylic oxidation sites excluding steroid dienone is 13. The molecule has 1 amide bonds. The summed E-state index contributed by atoms with van der Waals surface area (Å²) >= 11 is 0. The molecule has 0 aromatic rings. The molecule has 0 aliphatic rings. The minimum atomic E-state index is -4.70. The Morgan fingerprint density at radius 1 is 0.486 bits per heavy atom. The summed E-state index contributed by atoms with van der Waals surface area (Å²) in [5.41, 5.74) is 0. The molecule has 3 unspecified atom stereocenters. The van der Waals surface area contributed by atoms with Gasteiger partial charge in [0.1, 0.15) is 19.3 Å². The maximum atomic E-state index is 13.5. The maximum Gasteiger partial charge on any atom is 0.306 e. The summed E-state index contributed by atoms with van der Waals surface area (Å²) in [6.07, 6.45) is 69.8. The Kier molecular flexibility index (Phi) is 51.5. The average Bonchev–Trinajstić information content (AvgIpc) is 3.36. The highest BCUT2D eigenvalue weighted by atomic mass is 31.2. The molecular weight excluding hydrogens is 940 g/mol. The van der Waals surface area contributed by atoms with Gasteiger partial charge in [0.15, 0.2) is 0 Å². The third-order valence-electron chi connectivity index (χ3n) is 13.1. The van der Waals surface area contributed by atoms with Gasteiger partial charge in [-0.25, -0.2) is 0 Å². The van der Waals surface area contributed by atoms with Gasteiger partial charge in [0, 0.05) is 12.8 Å². The predicted octanol–water partition coefficient (Wildman–Crippen LogP) is 18.0. The Hall–Kier alpha value is -2.81. The second-order valence-electron chi connectivity index (χ2n) is 21.5. The number of phosphoric acid groups is 1. The van der Waals surface area contributed by atoms with E-state index in [1.54, 1.807) is 0 Å². The highest BCUT2D eigenvalue weighted by Gasteiger charge is 2.27. The number of carbonyl (C=O) groups excluding carboxylic acids is 2. The van der Waals surface area contributed by atoms with E-state index in [1.165, 1.54) is 96.3 Å². The van der Waals surface area contributed by atoms with E-state index in [9.17, 15) is 19.0 Å². The van der Waals surface area contributed by atoms with Crippen molar-refractivity contribution in [1.29, 1.82) is 0 Å². The van der Waals surface area contributed by atoms with E-state index in [2.05, 4.69) is 99.0 Å². The van der Waals surface area contributed by atoms with Crippen molar-refractivity contribution in [3.63, 3.8) is 0 Å². The number of phosphoric ester groups is 1. The standard InChI is InChI=1S/C64H115N2O7P/c1-7-10-13-16-19-22-25-27-28-29-30-31-32-33-34-35-36-37-38-39-42-44-47-50-53-56-63(67)65-61(60-72-74(69,70)71-59-58-66(4,5)6)62(55-52-49-46-43-41-26-23-20-17-14-11-8-2)73-64(68)57-54-51-48-45-40-24-21-18-15-12-9-3/h10,13,18-19,21-22,27-28,30-31,33-34,52,55,61-62H,7-9,11-12,14-17,20,23-26,29,32,35-51,53-54,56-60H2,1-6H3,(H-,65,67,69,70)/b13-10-,21-18-,22-19-,28-27-,31-30-,34-33-,55-52-. The van der Waals surface area contributed by atoms with Gasteiger partial charge in [0.2, 0.25) is 5.91 Å². The zero-order valence-electron chi connectivity index (χ0n) is 48.8. The largest absolute Gasteiger partial charge is 0.756 e. The molecule has 0 aromatic heterocycles. The van der Waals surface area contributed by atoms with Crippen molar-refractivity contribution >= 4 is 19.7 Å². The van der Waals surface area contributed by atoms with Crippen LogP contribution in [0.25, 0.3) is 0 Å². The van der Waals surface area contributed by atoms with Crippen LogP contribution in [0.15, 0.2) is 85.1 Å². The molecule has 1 N–H and O–H groups in total. The van der Waals surface area contributed by atoms with Crippen molar-refractivity contribution in [3.05, 3.63) is 85.1 Å². The monoisotopic (exact) mass is 1050 g/mol. The molecule has 0 fully saturated rings. The molecule has 3 atom stereocenters. The quantitative estimate of drug-likeness (QED) is 0.0212. The van der Waals surface area contributed by atoms with Crippen LogP contribution in [0, 0.1) is 0 Å². The Morgan fingerprint density at radius 2 is 0.878 bits per heavy atom. The molecule has 0 aliphatic heterocycles. The lowest BCUT2D eigenvalue weighted by molar-refractivity contribution is -0.870. The molecule has 428 valence electrons. The van der Waals surface area contributed by atoms with Crippen LogP contribution in [0.5, 0.6) is 0 Å². The zero-order chi connectivity index (χ0) is 54.3. The summed E-state index contributed by atoms with van der Waals surface area (Å²) < 4.78 is 30.2. The second-order valence-corrected chi connectivity index (χ2v) is 22.9. The summed E-state index contributed by atoms with van der Waals surface area (Å²) in [6.45, 7) is 6.67. The minimum absolute atomic E-state index is 0.0278. The van der Waals surface area contributed by atoms with Crippen LogP contribution in [-0.4, -0.2) is 69.4 Å². The Labute approximate surface area is 456 Å². The first-order valence-corrected chi connectivity index (χ1v) is 31.9. The second kappa shape index (κ2) is 53.6. The number of carbonyl (C=O) groups is 2. The van der Waals surface area contributed by atoms with Crippen molar-refractivity contribution in [2.24, 2.45) is 0 Å². The van der Waals surface area contributed by atoms with Gasteiger partial charge in [-0.05, 0) is 96.0 Å². The zero-order valence-corrected chi connectivity index (χ0v) is 49.7. The van der Waals surface area contributed by atoms with E-state index in [-0.39, 0.29) is 24.9 Å². The summed E-state index contributed by atoms with van der Waals surface area (Å²) in [4.78, 5) is 39.9. The number of quaternary nitrogens is 1. The smallest absolute Gasteiger partial charge is 0.306 e. The van der Waals surface area contributed by atoms with Crippen LogP contribution in [0.2, 0.25) is 0 Å². The molecule has 0 radical (unpaired) electrons. The number of nitrogens with zero attached hydrogens (tertiary/aromatic N) is 1. The summed E-state index contributed by atoms with van der Waals surface area (Å²) in [5, 5.41) is 3.02. The highest BCUT2D eigenvalue weighted by molar-refractivity contribution is 7.45. The molecule has 0 aliphatic carbocycles. The van der Waals surface area contributed by atoms with Gasteiger partial charge >= 0.3 is 5.97 Å². The molecule has 9 nitrogen and oxygen atoms in total. The van der Waals surface area contributed by atoms with Crippen molar-refractivity contribution in [3.8, 4) is 0 Å². The van der Waals surface area contributed by atoms with Gasteiger partial charge in [-0.2, -0.15) is 0 Å². The van der Waals surface area contributed by atoms with E-state index < -0.39 is 26.6 Å². The van der Waals surface area contributed by atoms with Crippen LogP contribution in [0.4, 0.5) is 0 Å². The van der Waals surface area contributed by atoms with Crippen molar-refractivity contribution in [1.82, 2.24) is 5.32 Å². The highest BCUT2D eigenvalue weighted by Crippen LogP contribution is 2.38. The van der Waals surface area contributed by atoms with Gasteiger partial charge in [-0.3, -0.25) is 14.2 Å². The Balaban J connectivity index is 5.14. The van der Waals surface area contributed by atoms with Crippen LogP contribution in [-0.2, 0) is 27.9 Å². The van der Waals surface area contributed by atoms with Crippen molar-refractivity contribution < 1.29 is 37.3 Å². The van der Waals surface area contributed by atoms with Crippen molar-refractivity contribution in [2.75, 3.05) is 40.9 Å². The fraction of sp³-hybridized carbons (Fsp3) is 0.750. The van der Waals surface area contributed by atoms with Gasteiger partial charge < -0.3 is 28.5 Å². The lowest BCUT2D eigenvalue weighted by Gasteiger charge is -2.30. The lowest BCUT2D eigenvalue weighted by atomic mass is 10.0. The van der Waals surface area contributed by atoms with Gasteiger partial charge in [-0.15, -0.1) is 0 Å². The van der Waals surface area contributed by atoms with E-state index in [1.807, 2.05) is 33.3 Å². The number of hydrogen-bond donors (Lipinski definition) is 1. The van der Waals surface area contributed by atoms with Crippen LogP contribution in [0.3, 0.4) is 0 Å². The van der Waals surface area contributed by atoms with E-state index in [0.717, 1.165) is 128 Å². The van der Waals surface area contributed by atoms with E-state index in [0.29, 0.717) is 17.4 Å². The molecule has 74 heavy (non-hydrogen) atoms. The molecule has 10 heteroatoms. The number of unbranched alkanes of at least 4 members (excludes halogenated alkanes) is 26. The first-order chi connectivity index (χ1) is 35.9. The Morgan fingerprint density at radius 3 is 1.35 bits per heavy atom. The van der Waals surface area contributed by atoms with Gasteiger partial charge in [-0.1, -0.05) is 235 Å². The number of likely N-dealkylation sites (N-methyl/N-ethyl adjacent to an activating group) is 1. The third kappa shape index (κ3) is 54.0. The topological polar surface area (TPSA) is 114 Å². The molecule has 0 saturated carbocycles. The van der Waals surface area contributed by atoms with E-state index >= 15 is 0 Å². The van der Waals surface area contributed by atoms with Crippen molar-refractivity contribution in [2.45, 2.75) is 270 Å². The summed E-state index contributed by atoms with van der Waals surface area (Å²) in [7, 11) is 1.17. The SMILES string of the molecule is CC/C=C\C/C=C\C/C=C\C/C=C\C/C=C\CCCCCCCCCCCC(=O)NC(COP(=O)([O-])OCC[N+](C)(C)C)C(/C=C\CCCCCCCCCCCC)OC(=O)CCCCCCC/C=C\CCCC. The average molecular weight is 1060 g/mol. The molecule has 0 saturated heterocycles.